The molecule has 1 atom stereocenters. The summed E-state index contributed by atoms with van der Waals surface area (Å²) in [5, 5.41) is 11.8. The van der Waals surface area contributed by atoms with Crippen molar-refractivity contribution in [3.8, 4) is 5.75 Å². The average Bonchev–Trinajstić information content (AvgIpc) is 2.37. The Bertz CT molecular complexity index is 497. The lowest BCUT2D eigenvalue weighted by Gasteiger charge is -2.17. The molecule has 1 aromatic rings. The third-order valence-electron chi connectivity index (χ3n) is 2.87. The molecule has 0 radical (unpaired) electrons. The number of benzene rings is 1. The molecule has 1 amide bonds. The number of aromatic carboxylic acids is 1. The summed E-state index contributed by atoms with van der Waals surface area (Å²) in [4.78, 5) is 22.9. The number of rotatable bonds is 6. The third-order valence-corrected chi connectivity index (χ3v) is 2.87. The van der Waals surface area contributed by atoms with Gasteiger partial charge >= 0.3 is 5.97 Å². The van der Waals surface area contributed by atoms with Gasteiger partial charge in [0.05, 0.1) is 5.56 Å². The Hall–Kier alpha value is -2.04. The second-order valence-corrected chi connectivity index (χ2v) is 5.13. The SMILES string of the molecule is Cc1c(OC(C)C(=O)NCC(C)C)cccc1C(=O)O. The number of ether oxygens (including phenoxy) is 1. The number of hydrogen-bond acceptors (Lipinski definition) is 3. The van der Waals surface area contributed by atoms with Gasteiger partial charge in [-0.25, -0.2) is 4.79 Å². The van der Waals surface area contributed by atoms with Gasteiger partial charge in [-0.15, -0.1) is 0 Å². The van der Waals surface area contributed by atoms with E-state index in [2.05, 4.69) is 5.32 Å². The van der Waals surface area contributed by atoms with Gasteiger partial charge in [-0.1, -0.05) is 19.9 Å². The van der Waals surface area contributed by atoms with Crippen LogP contribution in [0.15, 0.2) is 18.2 Å². The molecule has 0 spiro atoms. The van der Waals surface area contributed by atoms with Gasteiger partial charge in [0.15, 0.2) is 6.10 Å². The van der Waals surface area contributed by atoms with Crippen molar-refractivity contribution in [2.75, 3.05) is 6.54 Å². The fraction of sp³-hybridized carbons (Fsp3) is 0.467. The maximum absolute atomic E-state index is 11.8. The molecule has 1 rings (SSSR count). The number of carboxylic acids is 1. The first-order valence-electron chi connectivity index (χ1n) is 6.60. The van der Waals surface area contributed by atoms with Gasteiger partial charge in [0.1, 0.15) is 5.75 Å². The van der Waals surface area contributed by atoms with Crippen LogP contribution in [0.2, 0.25) is 0 Å². The lowest BCUT2D eigenvalue weighted by molar-refractivity contribution is -0.127. The highest BCUT2D eigenvalue weighted by Gasteiger charge is 2.17. The molecule has 0 aromatic heterocycles. The van der Waals surface area contributed by atoms with Gasteiger partial charge in [0, 0.05) is 12.1 Å². The van der Waals surface area contributed by atoms with Crippen molar-refractivity contribution < 1.29 is 19.4 Å². The van der Waals surface area contributed by atoms with Crippen LogP contribution in [0.3, 0.4) is 0 Å². The Kier molecular flexibility index (Phi) is 5.55. The minimum absolute atomic E-state index is 0.178. The van der Waals surface area contributed by atoms with E-state index in [1.165, 1.54) is 6.07 Å². The summed E-state index contributed by atoms with van der Waals surface area (Å²) in [5.41, 5.74) is 0.695. The minimum atomic E-state index is -1.01. The molecule has 0 bridgehead atoms. The number of carbonyl (C=O) groups excluding carboxylic acids is 1. The third kappa shape index (κ3) is 4.26. The zero-order valence-corrected chi connectivity index (χ0v) is 12.3. The number of amides is 1. The van der Waals surface area contributed by atoms with Crippen molar-refractivity contribution in [3.05, 3.63) is 29.3 Å². The first-order valence-corrected chi connectivity index (χ1v) is 6.60. The number of carbonyl (C=O) groups is 2. The Labute approximate surface area is 118 Å². The van der Waals surface area contributed by atoms with Crippen LogP contribution in [0.4, 0.5) is 0 Å². The van der Waals surface area contributed by atoms with E-state index in [4.69, 9.17) is 9.84 Å². The summed E-state index contributed by atoms with van der Waals surface area (Å²) in [7, 11) is 0. The topological polar surface area (TPSA) is 75.6 Å². The molecular formula is C15H21NO4. The summed E-state index contributed by atoms with van der Waals surface area (Å²) in [5.74, 6) is -0.441. The van der Waals surface area contributed by atoms with Crippen molar-refractivity contribution in [2.45, 2.75) is 33.8 Å². The summed E-state index contributed by atoms with van der Waals surface area (Å²) < 4.78 is 5.55. The van der Waals surface area contributed by atoms with Crippen LogP contribution in [0.1, 0.15) is 36.7 Å². The van der Waals surface area contributed by atoms with Gasteiger partial charge in [-0.05, 0) is 31.9 Å². The molecule has 0 aliphatic rings. The van der Waals surface area contributed by atoms with Gasteiger partial charge < -0.3 is 15.2 Å². The van der Waals surface area contributed by atoms with Crippen molar-refractivity contribution >= 4 is 11.9 Å². The van der Waals surface area contributed by atoms with E-state index in [0.717, 1.165) is 0 Å². The maximum Gasteiger partial charge on any atom is 0.336 e. The highest BCUT2D eigenvalue weighted by Crippen LogP contribution is 2.22. The Balaban J connectivity index is 2.75. The lowest BCUT2D eigenvalue weighted by Crippen LogP contribution is -2.38. The standard InChI is InChI=1S/C15H21NO4/c1-9(2)8-16-14(17)11(4)20-13-7-5-6-12(10(13)3)15(18)19/h5-7,9,11H,8H2,1-4H3,(H,16,17)(H,18,19). The largest absolute Gasteiger partial charge is 0.481 e. The van der Waals surface area contributed by atoms with E-state index in [0.29, 0.717) is 23.8 Å². The van der Waals surface area contributed by atoms with Gasteiger partial charge in [0.2, 0.25) is 0 Å². The predicted octanol–water partition coefficient (Wildman–Crippen LogP) is 2.23. The molecular weight excluding hydrogens is 258 g/mol. The number of nitrogens with one attached hydrogen (secondary N) is 1. The molecule has 5 heteroatoms. The Morgan fingerprint density at radius 1 is 1.30 bits per heavy atom. The van der Waals surface area contributed by atoms with Crippen LogP contribution in [0.25, 0.3) is 0 Å². The molecule has 110 valence electrons. The van der Waals surface area contributed by atoms with E-state index in [1.54, 1.807) is 26.0 Å². The van der Waals surface area contributed by atoms with Crippen molar-refractivity contribution in [1.82, 2.24) is 5.32 Å². The fourth-order valence-electron chi connectivity index (χ4n) is 1.67. The van der Waals surface area contributed by atoms with Gasteiger partial charge in [-0.2, -0.15) is 0 Å². The monoisotopic (exact) mass is 279 g/mol. The van der Waals surface area contributed by atoms with E-state index >= 15 is 0 Å². The van der Waals surface area contributed by atoms with Crippen LogP contribution in [0.5, 0.6) is 5.75 Å². The molecule has 0 saturated heterocycles. The second kappa shape index (κ2) is 6.93. The Morgan fingerprint density at radius 3 is 2.50 bits per heavy atom. The van der Waals surface area contributed by atoms with E-state index < -0.39 is 12.1 Å². The smallest absolute Gasteiger partial charge is 0.336 e. The second-order valence-electron chi connectivity index (χ2n) is 5.13. The normalized spacial score (nSPS) is 12.1. The van der Waals surface area contributed by atoms with E-state index in [-0.39, 0.29) is 11.5 Å². The summed E-state index contributed by atoms with van der Waals surface area (Å²) in [6.07, 6.45) is -0.670. The molecule has 0 aliphatic heterocycles. The summed E-state index contributed by atoms with van der Waals surface area (Å²) in [6.45, 7) is 7.90. The molecule has 0 fully saturated rings. The highest BCUT2D eigenvalue weighted by molar-refractivity contribution is 5.90. The molecule has 20 heavy (non-hydrogen) atoms. The Morgan fingerprint density at radius 2 is 1.95 bits per heavy atom. The number of hydrogen-bond donors (Lipinski definition) is 2. The molecule has 2 N–H and O–H groups in total. The minimum Gasteiger partial charge on any atom is -0.481 e. The predicted molar refractivity (Wildman–Crippen MR) is 76.1 cm³/mol. The van der Waals surface area contributed by atoms with Crippen molar-refractivity contribution in [3.63, 3.8) is 0 Å². The maximum atomic E-state index is 11.8. The zero-order valence-electron chi connectivity index (χ0n) is 12.3. The molecule has 1 aromatic carbocycles. The summed E-state index contributed by atoms with van der Waals surface area (Å²) >= 11 is 0. The molecule has 5 nitrogen and oxygen atoms in total. The average molecular weight is 279 g/mol. The lowest BCUT2D eigenvalue weighted by atomic mass is 10.1. The molecule has 1 unspecified atom stereocenters. The fourth-order valence-corrected chi connectivity index (χ4v) is 1.67. The molecule has 0 saturated carbocycles. The molecule has 0 aliphatic carbocycles. The van der Waals surface area contributed by atoms with E-state index in [1.807, 2.05) is 13.8 Å². The number of carboxylic acid groups (broad SMARTS) is 1. The van der Waals surface area contributed by atoms with Crippen LogP contribution < -0.4 is 10.1 Å². The molecule has 0 heterocycles. The van der Waals surface area contributed by atoms with Gasteiger partial charge in [-0.3, -0.25) is 4.79 Å². The van der Waals surface area contributed by atoms with Gasteiger partial charge in [0.25, 0.3) is 5.91 Å². The first kappa shape index (κ1) is 16.0. The highest BCUT2D eigenvalue weighted by atomic mass is 16.5. The summed E-state index contributed by atoms with van der Waals surface area (Å²) in [6, 6.07) is 4.77. The quantitative estimate of drug-likeness (QED) is 0.837. The van der Waals surface area contributed by atoms with Crippen molar-refractivity contribution in [1.29, 1.82) is 0 Å². The van der Waals surface area contributed by atoms with Crippen LogP contribution in [-0.2, 0) is 4.79 Å². The van der Waals surface area contributed by atoms with Crippen LogP contribution in [0, 0.1) is 12.8 Å². The van der Waals surface area contributed by atoms with Crippen molar-refractivity contribution in [2.24, 2.45) is 5.92 Å². The first-order chi connectivity index (χ1) is 9.32. The zero-order chi connectivity index (χ0) is 15.3. The van der Waals surface area contributed by atoms with E-state index in [9.17, 15) is 9.59 Å². The van der Waals surface area contributed by atoms with Crippen LogP contribution in [-0.4, -0.2) is 29.6 Å². The van der Waals surface area contributed by atoms with Crippen LogP contribution >= 0.6 is 0 Å².